The number of carbonyl (C=O) groups excluding carboxylic acids is 1. The van der Waals surface area contributed by atoms with Crippen molar-refractivity contribution in [3.63, 3.8) is 0 Å². The molecule has 1 aromatic carbocycles. The maximum Gasteiger partial charge on any atom is 0.224 e. The molecule has 1 rings (SSSR count). The van der Waals surface area contributed by atoms with Crippen LogP contribution in [-0.4, -0.2) is 17.8 Å². The Bertz CT molecular complexity index is 364. The smallest absolute Gasteiger partial charge is 0.224 e. The van der Waals surface area contributed by atoms with Gasteiger partial charge in [0.05, 0.1) is 11.8 Å². The summed E-state index contributed by atoms with van der Waals surface area (Å²) in [5.41, 5.74) is 1.00. The van der Waals surface area contributed by atoms with E-state index in [0.717, 1.165) is 10.0 Å². The van der Waals surface area contributed by atoms with Gasteiger partial charge >= 0.3 is 0 Å². The molecule has 0 aliphatic carbocycles. The number of rotatable bonds is 5. The molecule has 0 saturated heterocycles. The van der Waals surface area contributed by atoms with E-state index in [2.05, 4.69) is 21.2 Å². The van der Waals surface area contributed by atoms with Crippen LogP contribution in [0.3, 0.4) is 0 Å². The van der Waals surface area contributed by atoms with Gasteiger partial charge in [-0.1, -0.05) is 41.9 Å². The van der Waals surface area contributed by atoms with Gasteiger partial charge in [0.2, 0.25) is 5.91 Å². The van der Waals surface area contributed by atoms with Crippen molar-refractivity contribution in [2.24, 2.45) is 5.92 Å². The number of hydrogen-bond donors (Lipinski definition) is 1. The number of hydrogen-bond acceptors (Lipinski definition) is 1. The van der Waals surface area contributed by atoms with Crippen molar-refractivity contribution in [3.8, 4) is 0 Å². The van der Waals surface area contributed by atoms with E-state index in [-0.39, 0.29) is 11.3 Å². The molecule has 1 N–H and O–H groups in total. The van der Waals surface area contributed by atoms with E-state index in [1.807, 2.05) is 38.1 Å². The molecule has 4 heteroatoms. The second-order valence-corrected chi connectivity index (χ2v) is 5.84. The standard InChI is InChI=1S/C13H17BrClNO/c1-9(2)12(15)8-16-13(17)7-10-3-5-11(14)6-4-10/h3-6,9,12H,7-8H2,1-2H3,(H,16,17). The lowest BCUT2D eigenvalue weighted by Crippen LogP contribution is -2.32. The molecule has 1 aromatic rings. The van der Waals surface area contributed by atoms with Crippen molar-refractivity contribution in [3.05, 3.63) is 34.3 Å². The van der Waals surface area contributed by atoms with Crippen molar-refractivity contribution in [1.82, 2.24) is 5.32 Å². The van der Waals surface area contributed by atoms with Gasteiger partial charge in [0.1, 0.15) is 0 Å². The van der Waals surface area contributed by atoms with Crippen LogP contribution in [0.15, 0.2) is 28.7 Å². The van der Waals surface area contributed by atoms with Crippen LogP contribution in [0.2, 0.25) is 0 Å². The minimum atomic E-state index is -0.0103. The fourth-order valence-corrected chi connectivity index (χ4v) is 1.64. The van der Waals surface area contributed by atoms with Gasteiger partial charge in [-0.15, -0.1) is 11.6 Å². The number of nitrogens with one attached hydrogen (secondary N) is 1. The second-order valence-electron chi connectivity index (χ2n) is 4.37. The zero-order chi connectivity index (χ0) is 12.8. The third kappa shape index (κ3) is 5.55. The Morgan fingerprint density at radius 3 is 2.47 bits per heavy atom. The van der Waals surface area contributed by atoms with Crippen molar-refractivity contribution in [2.45, 2.75) is 25.6 Å². The van der Waals surface area contributed by atoms with Gasteiger partial charge in [-0.25, -0.2) is 0 Å². The number of carbonyl (C=O) groups is 1. The fourth-order valence-electron chi connectivity index (χ4n) is 1.30. The van der Waals surface area contributed by atoms with E-state index in [0.29, 0.717) is 18.9 Å². The van der Waals surface area contributed by atoms with E-state index in [4.69, 9.17) is 11.6 Å². The highest BCUT2D eigenvalue weighted by Gasteiger charge is 2.11. The number of benzene rings is 1. The first-order chi connectivity index (χ1) is 7.99. The summed E-state index contributed by atoms with van der Waals surface area (Å²) in [5, 5.41) is 2.83. The molecule has 0 heterocycles. The lowest BCUT2D eigenvalue weighted by Gasteiger charge is -2.14. The summed E-state index contributed by atoms with van der Waals surface area (Å²) in [5.74, 6) is 0.378. The van der Waals surface area contributed by atoms with Crippen molar-refractivity contribution in [2.75, 3.05) is 6.54 Å². The topological polar surface area (TPSA) is 29.1 Å². The average Bonchev–Trinajstić information content (AvgIpc) is 2.29. The van der Waals surface area contributed by atoms with Crippen LogP contribution in [0, 0.1) is 5.92 Å². The van der Waals surface area contributed by atoms with Crippen molar-refractivity contribution >= 4 is 33.4 Å². The molecule has 1 atom stereocenters. The molecule has 0 radical (unpaired) electrons. The van der Waals surface area contributed by atoms with Crippen LogP contribution in [0.1, 0.15) is 19.4 Å². The zero-order valence-corrected chi connectivity index (χ0v) is 12.4. The molecule has 17 heavy (non-hydrogen) atoms. The number of amides is 1. The van der Waals surface area contributed by atoms with Crippen molar-refractivity contribution < 1.29 is 4.79 Å². The molecular weight excluding hydrogens is 302 g/mol. The maximum absolute atomic E-state index is 11.6. The fraction of sp³-hybridized carbons (Fsp3) is 0.462. The molecule has 1 unspecified atom stereocenters. The molecular formula is C13H17BrClNO. The Balaban J connectivity index is 2.37. The van der Waals surface area contributed by atoms with E-state index < -0.39 is 0 Å². The van der Waals surface area contributed by atoms with Crippen molar-refractivity contribution in [1.29, 1.82) is 0 Å². The molecule has 0 saturated carbocycles. The van der Waals surface area contributed by atoms with Crippen LogP contribution in [0.25, 0.3) is 0 Å². The molecule has 0 spiro atoms. The predicted molar refractivity (Wildman–Crippen MR) is 75.3 cm³/mol. The van der Waals surface area contributed by atoms with Crippen LogP contribution in [0.5, 0.6) is 0 Å². The number of alkyl halides is 1. The quantitative estimate of drug-likeness (QED) is 0.829. The monoisotopic (exact) mass is 317 g/mol. The minimum absolute atomic E-state index is 0.0103. The van der Waals surface area contributed by atoms with Gasteiger partial charge in [0.25, 0.3) is 0 Å². The zero-order valence-electron chi connectivity index (χ0n) is 10.0. The van der Waals surface area contributed by atoms with Gasteiger partial charge in [-0.05, 0) is 23.6 Å². The van der Waals surface area contributed by atoms with Crippen LogP contribution >= 0.6 is 27.5 Å². The summed E-state index contributed by atoms with van der Waals surface area (Å²) in [4.78, 5) is 11.6. The Morgan fingerprint density at radius 2 is 1.94 bits per heavy atom. The summed E-state index contributed by atoms with van der Waals surface area (Å²) in [7, 11) is 0. The van der Waals surface area contributed by atoms with Crippen LogP contribution in [-0.2, 0) is 11.2 Å². The SMILES string of the molecule is CC(C)C(Cl)CNC(=O)Cc1ccc(Br)cc1. The van der Waals surface area contributed by atoms with Gasteiger partial charge in [-0.2, -0.15) is 0 Å². The van der Waals surface area contributed by atoms with E-state index >= 15 is 0 Å². The highest BCUT2D eigenvalue weighted by molar-refractivity contribution is 9.10. The third-order valence-corrected chi connectivity index (χ3v) is 3.68. The second kappa shape index (κ2) is 7.02. The van der Waals surface area contributed by atoms with Gasteiger partial charge in [-0.3, -0.25) is 4.79 Å². The minimum Gasteiger partial charge on any atom is -0.354 e. The summed E-state index contributed by atoms with van der Waals surface area (Å²) >= 11 is 9.42. The molecule has 0 fully saturated rings. The first kappa shape index (κ1) is 14.5. The Hall–Kier alpha value is -0.540. The van der Waals surface area contributed by atoms with Crippen LogP contribution < -0.4 is 5.32 Å². The highest BCUT2D eigenvalue weighted by atomic mass is 79.9. The molecule has 0 aromatic heterocycles. The maximum atomic E-state index is 11.6. The summed E-state index contributed by atoms with van der Waals surface area (Å²) in [6.45, 7) is 4.60. The predicted octanol–water partition coefficient (Wildman–Crippen LogP) is 3.37. The lowest BCUT2D eigenvalue weighted by atomic mass is 10.1. The number of halogens is 2. The molecule has 0 bridgehead atoms. The Labute approximate surface area is 116 Å². The third-order valence-electron chi connectivity index (χ3n) is 2.50. The van der Waals surface area contributed by atoms with E-state index in [1.165, 1.54) is 0 Å². The molecule has 1 amide bonds. The normalized spacial score (nSPS) is 12.5. The van der Waals surface area contributed by atoms with Gasteiger partial charge in [0.15, 0.2) is 0 Å². The summed E-state index contributed by atoms with van der Waals surface area (Å²) in [6, 6.07) is 7.73. The Morgan fingerprint density at radius 1 is 1.35 bits per heavy atom. The lowest BCUT2D eigenvalue weighted by molar-refractivity contribution is -0.120. The van der Waals surface area contributed by atoms with E-state index in [9.17, 15) is 4.79 Å². The molecule has 2 nitrogen and oxygen atoms in total. The first-order valence-electron chi connectivity index (χ1n) is 5.64. The summed E-state index contributed by atoms with van der Waals surface area (Å²) in [6.07, 6.45) is 0.398. The largest absolute Gasteiger partial charge is 0.354 e. The summed E-state index contributed by atoms with van der Waals surface area (Å²) < 4.78 is 1.02. The van der Waals surface area contributed by atoms with Gasteiger partial charge < -0.3 is 5.32 Å². The van der Waals surface area contributed by atoms with Gasteiger partial charge in [0, 0.05) is 11.0 Å². The molecule has 0 aliphatic heterocycles. The highest BCUT2D eigenvalue weighted by Crippen LogP contribution is 2.11. The molecule has 0 aliphatic rings. The van der Waals surface area contributed by atoms with Crippen LogP contribution in [0.4, 0.5) is 0 Å². The Kier molecular flexibility index (Phi) is 6.00. The average molecular weight is 319 g/mol. The van der Waals surface area contributed by atoms with E-state index in [1.54, 1.807) is 0 Å². The first-order valence-corrected chi connectivity index (χ1v) is 6.87. The molecule has 94 valence electrons.